The van der Waals surface area contributed by atoms with E-state index in [1.54, 1.807) is 0 Å². The summed E-state index contributed by atoms with van der Waals surface area (Å²) in [7, 11) is 0. The average Bonchev–Trinajstić information content (AvgIpc) is 2.34. The quantitative estimate of drug-likeness (QED) is 0.635. The van der Waals surface area contributed by atoms with Crippen LogP contribution in [-0.4, -0.2) is 4.98 Å². The lowest BCUT2D eigenvalue weighted by Gasteiger charge is -2.07. The van der Waals surface area contributed by atoms with E-state index < -0.39 is 11.6 Å². The van der Waals surface area contributed by atoms with Gasteiger partial charge in [-0.3, -0.25) is 0 Å². The monoisotopic (exact) mass is 237 g/mol. The van der Waals surface area contributed by atoms with Crippen molar-refractivity contribution in [2.45, 2.75) is 0 Å². The van der Waals surface area contributed by atoms with Crippen molar-refractivity contribution < 1.29 is 13.5 Å². The zero-order valence-corrected chi connectivity index (χ0v) is 8.65. The van der Waals surface area contributed by atoms with E-state index in [-0.39, 0.29) is 5.75 Å². The van der Waals surface area contributed by atoms with Gasteiger partial charge in [0.25, 0.3) is 0 Å². The van der Waals surface area contributed by atoms with Crippen molar-refractivity contribution in [3.63, 3.8) is 0 Å². The van der Waals surface area contributed by atoms with E-state index in [4.69, 9.17) is 10.6 Å². The van der Waals surface area contributed by atoms with Crippen LogP contribution in [0.1, 0.15) is 0 Å². The van der Waals surface area contributed by atoms with Crippen molar-refractivity contribution in [1.82, 2.24) is 4.98 Å². The van der Waals surface area contributed by atoms with Gasteiger partial charge >= 0.3 is 0 Å². The van der Waals surface area contributed by atoms with Gasteiger partial charge in [-0.25, -0.2) is 19.6 Å². The molecule has 4 nitrogen and oxygen atoms in total. The summed E-state index contributed by atoms with van der Waals surface area (Å²) >= 11 is 0. The standard InChI is InChI=1S/C11H9F2N3O/c12-7-1-2-9(13)10(5-7)17-8-3-4-15-11(6-8)16-14/h1-6H,14H2,(H,15,16). The van der Waals surface area contributed by atoms with Crippen LogP contribution in [0.25, 0.3) is 0 Å². The number of nitrogens with zero attached hydrogens (tertiary/aromatic N) is 1. The second-order valence-electron chi connectivity index (χ2n) is 3.20. The third-order valence-electron chi connectivity index (χ3n) is 2.00. The van der Waals surface area contributed by atoms with Gasteiger partial charge in [0.1, 0.15) is 17.4 Å². The molecule has 2 aromatic rings. The topological polar surface area (TPSA) is 60.2 Å². The Morgan fingerprint density at radius 2 is 2.00 bits per heavy atom. The number of aromatic nitrogens is 1. The van der Waals surface area contributed by atoms with Crippen LogP contribution in [0.4, 0.5) is 14.6 Å². The number of hydrazine groups is 1. The van der Waals surface area contributed by atoms with Crippen molar-refractivity contribution in [2.75, 3.05) is 5.43 Å². The molecule has 2 rings (SSSR count). The van der Waals surface area contributed by atoms with Crippen LogP contribution >= 0.6 is 0 Å². The van der Waals surface area contributed by atoms with Crippen molar-refractivity contribution in [2.24, 2.45) is 5.84 Å². The smallest absolute Gasteiger partial charge is 0.165 e. The van der Waals surface area contributed by atoms with Gasteiger partial charge in [-0.1, -0.05) is 0 Å². The highest BCUT2D eigenvalue weighted by Crippen LogP contribution is 2.25. The van der Waals surface area contributed by atoms with Crippen LogP contribution in [0.15, 0.2) is 36.5 Å². The molecule has 0 aliphatic rings. The molecule has 0 bridgehead atoms. The first-order chi connectivity index (χ1) is 8.19. The van der Waals surface area contributed by atoms with Gasteiger partial charge in [0.05, 0.1) is 0 Å². The highest BCUT2D eigenvalue weighted by Gasteiger charge is 2.06. The highest BCUT2D eigenvalue weighted by molar-refractivity contribution is 5.41. The summed E-state index contributed by atoms with van der Waals surface area (Å²) < 4.78 is 31.4. The van der Waals surface area contributed by atoms with Crippen molar-refractivity contribution in [3.8, 4) is 11.5 Å². The summed E-state index contributed by atoms with van der Waals surface area (Å²) in [5, 5.41) is 0. The number of benzene rings is 1. The fraction of sp³-hybridized carbons (Fsp3) is 0. The van der Waals surface area contributed by atoms with Gasteiger partial charge < -0.3 is 10.2 Å². The Balaban J connectivity index is 2.27. The molecular weight excluding hydrogens is 228 g/mol. The molecule has 1 aromatic carbocycles. The third-order valence-corrected chi connectivity index (χ3v) is 2.00. The fourth-order valence-corrected chi connectivity index (χ4v) is 1.24. The molecule has 1 aromatic heterocycles. The maximum Gasteiger partial charge on any atom is 0.165 e. The average molecular weight is 237 g/mol. The highest BCUT2D eigenvalue weighted by atomic mass is 19.1. The molecule has 1 heterocycles. The first-order valence-electron chi connectivity index (χ1n) is 4.74. The minimum Gasteiger partial charge on any atom is -0.454 e. The summed E-state index contributed by atoms with van der Waals surface area (Å²) in [6, 6.07) is 5.94. The number of anilines is 1. The van der Waals surface area contributed by atoms with Crippen LogP contribution in [0, 0.1) is 11.6 Å². The number of pyridine rings is 1. The molecule has 0 aliphatic heterocycles. The Bertz CT molecular complexity index is 534. The maximum absolute atomic E-state index is 13.3. The molecule has 0 amide bonds. The molecule has 0 atom stereocenters. The number of hydrogen-bond acceptors (Lipinski definition) is 4. The molecule has 3 N–H and O–H groups in total. The van der Waals surface area contributed by atoms with E-state index in [2.05, 4.69) is 10.4 Å². The van der Waals surface area contributed by atoms with E-state index in [0.29, 0.717) is 11.6 Å². The molecule has 0 fully saturated rings. The zero-order valence-electron chi connectivity index (χ0n) is 8.65. The lowest BCUT2D eigenvalue weighted by molar-refractivity contribution is 0.436. The molecular formula is C11H9F2N3O. The summed E-state index contributed by atoms with van der Waals surface area (Å²) in [6.07, 6.45) is 1.43. The molecule has 0 saturated heterocycles. The van der Waals surface area contributed by atoms with Gasteiger partial charge in [-0.05, 0) is 18.2 Å². The minimum atomic E-state index is -0.648. The Morgan fingerprint density at radius 3 is 2.76 bits per heavy atom. The number of ether oxygens (including phenoxy) is 1. The van der Waals surface area contributed by atoms with Crippen LogP contribution in [0.3, 0.4) is 0 Å². The Labute approximate surface area is 96.0 Å². The minimum absolute atomic E-state index is 0.195. The lowest BCUT2D eigenvalue weighted by Crippen LogP contribution is -2.08. The number of nitrogens with two attached hydrogens (primary N) is 1. The summed E-state index contributed by atoms with van der Waals surface area (Å²) in [5.41, 5.74) is 2.32. The third kappa shape index (κ3) is 2.67. The Hall–Kier alpha value is -2.21. The number of nitrogen functional groups attached to an aromatic ring is 1. The first kappa shape index (κ1) is 11.3. The Kier molecular flexibility index (Phi) is 3.15. The second-order valence-corrected chi connectivity index (χ2v) is 3.20. The number of rotatable bonds is 3. The predicted octanol–water partition coefficient (Wildman–Crippen LogP) is 2.44. The molecule has 0 spiro atoms. The largest absolute Gasteiger partial charge is 0.454 e. The van der Waals surface area contributed by atoms with Gasteiger partial charge in [-0.15, -0.1) is 0 Å². The first-order valence-corrected chi connectivity index (χ1v) is 4.74. The van der Waals surface area contributed by atoms with E-state index in [1.807, 2.05) is 0 Å². The molecule has 0 aliphatic carbocycles. The molecule has 0 unspecified atom stereocenters. The second kappa shape index (κ2) is 4.75. The van der Waals surface area contributed by atoms with Crippen LogP contribution in [0.5, 0.6) is 11.5 Å². The van der Waals surface area contributed by atoms with Gasteiger partial charge in [0, 0.05) is 18.3 Å². The summed E-state index contributed by atoms with van der Waals surface area (Å²) in [4.78, 5) is 3.86. The van der Waals surface area contributed by atoms with Gasteiger partial charge in [-0.2, -0.15) is 0 Å². The van der Waals surface area contributed by atoms with Crippen LogP contribution in [-0.2, 0) is 0 Å². The molecule has 0 radical (unpaired) electrons. The normalized spacial score (nSPS) is 10.1. The van der Waals surface area contributed by atoms with Crippen molar-refractivity contribution in [1.29, 1.82) is 0 Å². The maximum atomic E-state index is 13.3. The number of nitrogens with one attached hydrogen (secondary N) is 1. The van der Waals surface area contributed by atoms with Gasteiger partial charge in [0.2, 0.25) is 0 Å². The summed E-state index contributed by atoms with van der Waals surface area (Å²) in [5.74, 6) is 4.41. The molecule has 6 heteroatoms. The fourth-order valence-electron chi connectivity index (χ4n) is 1.24. The molecule has 17 heavy (non-hydrogen) atoms. The molecule has 88 valence electrons. The number of halogens is 2. The van der Waals surface area contributed by atoms with E-state index in [9.17, 15) is 8.78 Å². The van der Waals surface area contributed by atoms with Crippen LogP contribution in [0.2, 0.25) is 0 Å². The van der Waals surface area contributed by atoms with Crippen LogP contribution < -0.4 is 16.0 Å². The molecule has 0 saturated carbocycles. The summed E-state index contributed by atoms with van der Waals surface area (Å²) in [6.45, 7) is 0. The lowest BCUT2D eigenvalue weighted by atomic mass is 10.3. The van der Waals surface area contributed by atoms with E-state index in [1.165, 1.54) is 18.3 Å². The van der Waals surface area contributed by atoms with E-state index in [0.717, 1.165) is 18.2 Å². The Morgan fingerprint density at radius 1 is 1.18 bits per heavy atom. The van der Waals surface area contributed by atoms with Crippen molar-refractivity contribution >= 4 is 5.82 Å². The van der Waals surface area contributed by atoms with Crippen molar-refractivity contribution in [3.05, 3.63) is 48.2 Å². The zero-order chi connectivity index (χ0) is 12.3. The predicted molar refractivity (Wildman–Crippen MR) is 58.5 cm³/mol. The van der Waals surface area contributed by atoms with Gasteiger partial charge in [0.15, 0.2) is 11.6 Å². The SMILES string of the molecule is NNc1cc(Oc2cc(F)ccc2F)ccn1. The van der Waals surface area contributed by atoms with E-state index >= 15 is 0 Å². The number of hydrogen-bond donors (Lipinski definition) is 2.